The highest BCUT2D eigenvalue weighted by Crippen LogP contribution is 2.26. The van der Waals surface area contributed by atoms with Crippen molar-refractivity contribution < 1.29 is 23.9 Å². The van der Waals surface area contributed by atoms with E-state index in [-0.39, 0.29) is 24.3 Å². The van der Waals surface area contributed by atoms with Gasteiger partial charge in [0.1, 0.15) is 11.5 Å². The van der Waals surface area contributed by atoms with Crippen LogP contribution in [0.5, 0.6) is 11.5 Å². The first-order chi connectivity index (χ1) is 14.0. The summed E-state index contributed by atoms with van der Waals surface area (Å²) in [6.45, 7) is 1.60. The molecule has 1 saturated heterocycles. The number of carbonyl (C=O) groups is 3. The second kappa shape index (κ2) is 9.42. The third-order valence-corrected chi connectivity index (χ3v) is 5.43. The Bertz CT molecular complexity index is 876. The highest BCUT2D eigenvalue weighted by Gasteiger charge is 2.26. The molecule has 1 N–H and O–H groups in total. The van der Waals surface area contributed by atoms with Crippen molar-refractivity contribution in [1.82, 2.24) is 15.1 Å². The maximum absolute atomic E-state index is 12.8. The summed E-state index contributed by atoms with van der Waals surface area (Å²) in [4.78, 5) is 40.5. The van der Waals surface area contributed by atoms with E-state index in [1.54, 1.807) is 46.6 Å². The fourth-order valence-electron chi connectivity index (χ4n) is 3.07. The van der Waals surface area contributed by atoms with Crippen LogP contribution in [-0.4, -0.2) is 74.5 Å². The summed E-state index contributed by atoms with van der Waals surface area (Å²) in [7, 11) is 3.06. The molecule has 8 nitrogen and oxygen atoms in total. The Morgan fingerprint density at radius 2 is 1.76 bits per heavy atom. The van der Waals surface area contributed by atoms with Gasteiger partial charge in [-0.25, -0.2) is 0 Å². The van der Waals surface area contributed by atoms with Crippen molar-refractivity contribution in [1.29, 1.82) is 0 Å². The minimum Gasteiger partial charge on any atom is -0.497 e. The van der Waals surface area contributed by atoms with E-state index in [1.165, 1.54) is 18.4 Å². The third kappa shape index (κ3) is 4.86. The lowest BCUT2D eigenvalue weighted by Crippen LogP contribution is -2.52. The summed E-state index contributed by atoms with van der Waals surface area (Å²) < 4.78 is 10.5. The number of carbonyl (C=O) groups excluding carboxylic acids is 3. The largest absolute Gasteiger partial charge is 0.497 e. The Hall–Kier alpha value is -3.07. The average Bonchev–Trinajstić information content (AvgIpc) is 3.31. The van der Waals surface area contributed by atoms with Gasteiger partial charge < -0.3 is 24.6 Å². The van der Waals surface area contributed by atoms with Gasteiger partial charge in [-0.3, -0.25) is 14.4 Å². The predicted molar refractivity (Wildman–Crippen MR) is 109 cm³/mol. The van der Waals surface area contributed by atoms with Crippen molar-refractivity contribution in [2.24, 2.45) is 0 Å². The molecule has 3 rings (SSSR count). The van der Waals surface area contributed by atoms with Gasteiger partial charge in [0, 0.05) is 43.2 Å². The maximum atomic E-state index is 12.8. The molecule has 0 atom stereocenters. The number of hydrogen-bond donors (Lipinski definition) is 1. The zero-order valence-electron chi connectivity index (χ0n) is 16.3. The second-order valence-electron chi connectivity index (χ2n) is 6.43. The Kier molecular flexibility index (Phi) is 6.71. The molecule has 0 spiro atoms. The number of thiophene rings is 1. The van der Waals surface area contributed by atoms with Crippen molar-refractivity contribution in [2.45, 2.75) is 0 Å². The first-order valence-corrected chi connectivity index (χ1v) is 10.1. The van der Waals surface area contributed by atoms with Gasteiger partial charge in [0.2, 0.25) is 5.91 Å². The zero-order valence-corrected chi connectivity index (χ0v) is 17.2. The van der Waals surface area contributed by atoms with E-state index in [1.807, 2.05) is 5.38 Å². The van der Waals surface area contributed by atoms with Crippen molar-refractivity contribution in [2.75, 3.05) is 46.9 Å². The Labute approximate surface area is 173 Å². The first kappa shape index (κ1) is 20.7. The maximum Gasteiger partial charge on any atom is 0.257 e. The summed E-state index contributed by atoms with van der Waals surface area (Å²) in [5, 5.41) is 6.18. The van der Waals surface area contributed by atoms with E-state index >= 15 is 0 Å². The standard InChI is InChI=1S/C20H23N3O5S/c1-27-15-3-4-16(17(11-15)28-2)20(26)23-8-6-22(7-9-23)18(24)12-21-19(25)14-5-10-29-13-14/h3-5,10-11,13H,6-9,12H2,1-2H3,(H,21,25). The molecule has 3 amide bonds. The van der Waals surface area contributed by atoms with Crippen molar-refractivity contribution in [3.8, 4) is 11.5 Å². The number of benzene rings is 1. The highest BCUT2D eigenvalue weighted by molar-refractivity contribution is 7.08. The molecule has 0 unspecified atom stereocenters. The lowest BCUT2D eigenvalue weighted by atomic mass is 10.1. The molecule has 2 heterocycles. The molecule has 1 aliphatic rings. The zero-order chi connectivity index (χ0) is 20.8. The molecule has 0 bridgehead atoms. The molecule has 154 valence electrons. The van der Waals surface area contributed by atoms with Crippen molar-refractivity contribution in [3.05, 3.63) is 46.2 Å². The van der Waals surface area contributed by atoms with Crippen LogP contribution in [0, 0.1) is 0 Å². The monoisotopic (exact) mass is 417 g/mol. The van der Waals surface area contributed by atoms with Gasteiger partial charge in [0.05, 0.1) is 26.3 Å². The molecule has 0 saturated carbocycles. The van der Waals surface area contributed by atoms with Crippen molar-refractivity contribution >= 4 is 29.1 Å². The average molecular weight is 417 g/mol. The number of piperazine rings is 1. The molecule has 2 aromatic rings. The fourth-order valence-corrected chi connectivity index (χ4v) is 3.70. The van der Waals surface area contributed by atoms with E-state index in [0.29, 0.717) is 48.8 Å². The Morgan fingerprint density at radius 3 is 2.38 bits per heavy atom. The van der Waals surface area contributed by atoms with Gasteiger partial charge >= 0.3 is 0 Å². The van der Waals surface area contributed by atoms with Crippen LogP contribution in [0.15, 0.2) is 35.0 Å². The van der Waals surface area contributed by atoms with Gasteiger partial charge in [-0.05, 0) is 23.6 Å². The molecule has 9 heteroatoms. The van der Waals surface area contributed by atoms with E-state index < -0.39 is 0 Å². The van der Waals surface area contributed by atoms with Gasteiger partial charge in [0.25, 0.3) is 11.8 Å². The molecule has 29 heavy (non-hydrogen) atoms. The third-order valence-electron chi connectivity index (χ3n) is 4.74. The van der Waals surface area contributed by atoms with Gasteiger partial charge in [-0.15, -0.1) is 0 Å². The molecule has 0 radical (unpaired) electrons. The molecular weight excluding hydrogens is 394 g/mol. The summed E-state index contributed by atoms with van der Waals surface area (Å²) in [6, 6.07) is 6.77. The van der Waals surface area contributed by atoms with E-state index in [4.69, 9.17) is 9.47 Å². The number of nitrogens with one attached hydrogen (secondary N) is 1. The van der Waals surface area contributed by atoms with Gasteiger partial charge in [-0.1, -0.05) is 0 Å². The summed E-state index contributed by atoms with van der Waals surface area (Å²) in [5.41, 5.74) is 1.00. The van der Waals surface area contributed by atoms with Crippen LogP contribution >= 0.6 is 11.3 Å². The number of nitrogens with zero attached hydrogens (tertiary/aromatic N) is 2. The molecule has 1 fully saturated rings. The normalized spacial score (nSPS) is 13.7. The number of methoxy groups -OCH3 is 2. The lowest BCUT2D eigenvalue weighted by molar-refractivity contribution is -0.131. The van der Waals surface area contributed by atoms with Crippen LogP contribution in [0.25, 0.3) is 0 Å². The van der Waals surface area contributed by atoms with Crippen LogP contribution in [-0.2, 0) is 4.79 Å². The van der Waals surface area contributed by atoms with Crippen molar-refractivity contribution in [3.63, 3.8) is 0 Å². The minimum absolute atomic E-state index is 0.0606. The molecule has 1 aromatic heterocycles. The summed E-state index contributed by atoms with van der Waals surface area (Å²) >= 11 is 1.43. The van der Waals surface area contributed by atoms with Gasteiger partial charge in [-0.2, -0.15) is 11.3 Å². The molecular formula is C20H23N3O5S. The fraction of sp³-hybridized carbons (Fsp3) is 0.350. The molecule has 1 aliphatic heterocycles. The summed E-state index contributed by atoms with van der Waals surface area (Å²) in [6.07, 6.45) is 0. The van der Waals surface area contributed by atoms with Crippen LogP contribution in [0.2, 0.25) is 0 Å². The Balaban J connectivity index is 1.52. The highest BCUT2D eigenvalue weighted by atomic mass is 32.1. The summed E-state index contributed by atoms with van der Waals surface area (Å²) in [5.74, 6) is 0.479. The Morgan fingerprint density at radius 1 is 1.03 bits per heavy atom. The van der Waals surface area contributed by atoms with Gasteiger partial charge in [0.15, 0.2) is 0 Å². The minimum atomic E-state index is -0.264. The number of rotatable bonds is 6. The number of ether oxygens (including phenoxy) is 2. The van der Waals surface area contributed by atoms with Crippen LogP contribution < -0.4 is 14.8 Å². The van der Waals surface area contributed by atoms with Crippen LogP contribution in [0.1, 0.15) is 20.7 Å². The SMILES string of the molecule is COc1ccc(C(=O)N2CCN(C(=O)CNC(=O)c3ccsc3)CC2)c(OC)c1. The lowest BCUT2D eigenvalue weighted by Gasteiger charge is -2.35. The van der Waals surface area contributed by atoms with Crippen LogP contribution in [0.4, 0.5) is 0 Å². The van der Waals surface area contributed by atoms with E-state index in [9.17, 15) is 14.4 Å². The topological polar surface area (TPSA) is 88.2 Å². The number of hydrogen-bond acceptors (Lipinski definition) is 6. The van der Waals surface area contributed by atoms with E-state index in [0.717, 1.165) is 0 Å². The predicted octanol–water partition coefficient (Wildman–Crippen LogP) is 1.48. The number of amides is 3. The first-order valence-electron chi connectivity index (χ1n) is 9.13. The van der Waals surface area contributed by atoms with E-state index in [2.05, 4.69) is 5.32 Å². The molecule has 0 aliphatic carbocycles. The van der Waals surface area contributed by atoms with Crippen LogP contribution in [0.3, 0.4) is 0 Å². The smallest absolute Gasteiger partial charge is 0.257 e. The quantitative estimate of drug-likeness (QED) is 0.769. The molecule has 1 aromatic carbocycles. The second-order valence-corrected chi connectivity index (χ2v) is 7.21.